The lowest BCUT2D eigenvalue weighted by atomic mass is 10.2. The highest BCUT2D eigenvalue weighted by molar-refractivity contribution is 14.1. The molecule has 0 bridgehead atoms. The molecular formula is C15H10ClIN2O3. The van der Waals surface area contributed by atoms with Crippen molar-refractivity contribution >= 4 is 57.5 Å². The molecule has 1 amide bonds. The number of benzene rings is 2. The predicted octanol–water partition coefficient (Wildman–Crippen LogP) is 4.50. The molecule has 0 aliphatic heterocycles. The van der Waals surface area contributed by atoms with Gasteiger partial charge in [0.25, 0.3) is 5.69 Å². The summed E-state index contributed by atoms with van der Waals surface area (Å²) in [5.74, 6) is -0.366. The summed E-state index contributed by atoms with van der Waals surface area (Å²) < 4.78 is 0.965. The van der Waals surface area contributed by atoms with E-state index in [2.05, 4.69) is 27.9 Å². The van der Waals surface area contributed by atoms with Crippen LogP contribution in [0.25, 0.3) is 6.08 Å². The number of carbonyl (C=O) groups is 1. The van der Waals surface area contributed by atoms with Crippen LogP contribution in [0.15, 0.2) is 48.5 Å². The lowest BCUT2D eigenvalue weighted by molar-refractivity contribution is -0.384. The van der Waals surface area contributed by atoms with E-state index in [9.17, 15) is 14.9 Å². The van der Waals surface area contributed by atoms with Crippen molar-refractivity contribution in [3.63, 3.8) is 0 Å². The van der Waals surface area contributed by atoms with Crippen LogP contribution in [0.3, 0.4) is 0 Å². The third-order valence-corrected chi connectivity index (χ3v) is 3.68. The van der Waals surface area contributed by atoms with E-state index in [1.165, 1.54) is 24.3 Å². The van der Waals surface area contributed by atoms with Crippen molar-refractivity contribution in [3.05, 3.63) is 72.8 Å². The normalized spacial score (nSPS) is 10.6. The molecule has 0 saturated heterocycles. The molecule has 1 N–H and O–H groups in total. The van der Waals surface area contributed by atoms with Crippen LogP contribution < -0.4 is 5.32 Å². The quantitative estimate of drug-likeness (QED) is 0.337. The van der Waals surface area contributed by atoms with Crippen LogP contribution in [0.4, 0.5) is 11.4 Å². The van der Waals surface area contributed by atoms with Gasteiger partial charge in [0.15, 0.2) is 0 Å². The molecule has 0 aromatic heterocycles. The van der Waals surface area contributed by atoms with Gasteiger partial charge in [0, 0.05) is 21.8 Å². The lowest BCUT2D eigenvalue weighted by Crippen LogP contribution is -2.08. The van der Waals surface area contributed by atoms with E-state index in [4.69, 9.17) is 11.6 Å². The molecule has 2 rings (SSSR count). The van der Waals surface area contributed by atoms with Crippen LogP contribution in [0, 0.1) is 13.7 Å². The lowest BCUT2D eigenvalue weighted by Gasteiger charge is -2.05. The van der Waals surface area contributed by atoms with Crippen molar-refractivity contribution in [1.29, 1.82) is 0 Å². The van der Waals surface area contributed by atoms with Gasteiger partial charge in [-0.05, 0) is 52.4 Å². The Bertz CT molecular complexity index is 762. The minimum atomic E-state index is -0.483. The van der Waals surface area contributed by atoms with Crippen molar-refractivity contribution in [1.82, 2.24) is 0 Å². The third kappa shape index (κ3) is 4.54. The molecule has 0 fully saturated rings. The summed E-state index contributed by atoms with van der Waals surface area (Å²) in [6.45, 7) is 0. The zero-order chi connectivity index (χ0) is 16.1. The second kappa shape index (κ2) is 7.37. The maximum absolute atomic E-state index is 11.8. The van der Waals surface area contributed by atoms with Crippen LogP contribution in [0.5, 0.6) is 0 Å². The number of amides is 1. The summed E-state index contributed by atoms with van der Waals surface area (Å²) in [5.41, 5.74) is 1.05. The van der Waals surface area contributed by atoms with Gasteiger partial charge < -0.3 is 5.32 Å². The van der Waals surface area contributed by atoms with Gasteiger partial charge in [-0.25, -0.2) is 0 Å². The summed E-state index contributed by atoms with van der Waals surface area (Å²) in [7, 11) is 0. The highest BCUT2D eigenvalue weighted by Crippen LogP contribution is 2.23. The maximum atomic E-state index is 11.8. The zero-order valence-corrected chi connectivity index (χ0v) is 14.0. The second-order valence-corrected chi connectivity index (χ2v) is 5.95. The Morgan fingerprint density at radius 1 is 1.27 bits per heavy atom. The topological polar surface area (TPSA) is 72.2 Å². The second-order valence-electron chi connectivity index (χ2n) is 4.30. The molecule has 2 aromatic carbocycles. The molecule has 5 nitrogen and oxygen atoms in total. The summed E-state index contributed by atoms with van der Waals surface area (Å²) in [6, 6.07) is 11.3. The first-order valence-corrected chi connectivity index (χ1v) is 7.60. The van der Waals surface area contributed by atoms with Gasteiger partial charge in [0.05, 0.1) is 15.6 Å². The van der Waals surface area contributed by atoms with Gasteiger partial charge in [-0.15, -0.1) is 0 Å². The average molecular weight is 429 g/mol. The maximum Gasteiger partial charge on any atom is 0.270 e. The molecule has 0 saturated carbocycles. The van der Waals surface area contributed by atoms with Crippen molar-refractivity contribution in [3.8, 4) is 0 Å². The standard InChI is InChI=1S/C15H10ClIN2O3/c16-13-9-11(17)5-6-14(13)18-15(20)7-4-10-2-1-3-12(8-10)19(21)22/h1-9H,(H,18,20). The number of anilines is 1. The molecule has 7 heteroatoms. The van der Waals surface area contributed by atoms with Crippen LogP contribution in [0.2, 0.25) is 5.02 Å². The minimum absolute atomic E-state index is 0.0248. The Kier molecular flexibility index (Phi) is 5.51. The Morgan fingerprint density at radius 2 is 2.05 bits per heavy atom. The number of non-ortho nitro benzene ring substituents is 1. The number of rotatable bonds is 4. The SMILES string of the molecule is O=C(C=Cc1cccc([N+](=O)[O-])c1)Nc1ccc(I)cc1Cl. The number of carbonyl (C=O) groups excluding carboxylic acids is 1. The van der Waals surface area contributed by atoms with Gasteiger partial charge >= 0.3 is 0 Å². The van der Waals surface area contributed by atoms with E-state index >= 15 is 0 Å². The van der Waals surface area contributed by atoms with Crippen molar-refractivity contribution in [2.75, 3.05) is 5.32 Å². The number of hydrogen-bond donors (Lipinski definition) is 1. The van der Waals surface area contributed by atoms with Crippen LogP contribution in [-0.2, 0) is 4.79 Å². The Hall–Kier alpha value is -1.93. The van der Waals surface area contributed by atoms with E-state index in [-0.39, 0.29) is 11.6 Å². The van der Waals surface area contributed by atoms with Gasteiger partial charge in [0.2, 0.25) is 5.91 Å². The molecule has 0 heterocycles. The summed E-state index contributed by atoms with van der Waals surface area (Å²) >= 11 is 8.15. The number of halogens is 2. The summed E-state index contributed by atoms with van der Waals surface area (Å²) in [4.78, 5) is 22.1. The molecule has 0 aliphatic rings. The molecule has 0 unspecified atom stereocenters. The number of nitro benzene ring substituents is 1. The molecule has 2 aromatic rings. The molecule has 112 valence electrons. The molecule has 0 aliphatic carbocycles. The van der Waals surface area contributed by atoms with E-state index in [1.807, 2.05) is 6.07 Å². The van der Waals surface area contributed by atoms with Gasteiger partial charge in [-0.3, -0.25) is 14.9 Å². The molecule has 0 radical (unpaired) electrons. The summed E-state index contributed by atoms with van der Waals surface area (Å²) in [6.07, 6.45) is 2.80. The fourth-order valence-corrected chi connectivity index (χ4v) is 2.58. The first-order valence-electron chi connectivity index (χ1n) is 6.14. The highest BCUT2D eigenvalue weighted by atomic mass is 127. The number of nitro groups is 1. The van der Waals surface area contributed by atoms with E-state index in [1.54, 1.807) is 24.3 Å². The minimum Gasteiger partial charge on any atom is -0.321 e. The Morgan fingerprint density at radius 3 is 2.73 bits per heavy atom. The number of nitrogens with one attached hydrogen (secondary N) is 1. The van der Waals surface area contributed by atoms with E-state index < -0.39 is 4.92 Å². The average Bonchev–Trinajstić information content (AvgIpc) is 2.48. The first kappa shape index (κ1) is 16.4. The van der Waals surface area contributed by atoms with Crippen LogP contribution in [0.1, 0.15) is 5.56 Å². The molecule has 0 atom stereocenters. The predicted molar refractivity (Wildman–Crippen MR) is 94.9 cm³/mol. The van der Waals surface area contributed by atoms with E-state index in [0.29, 0.717) is 16.3 Å². The Balaban J connectivity index is 2.08. The first-order chi connectivity index (χ1) is 10.5. The number of nitrogens with zero attached hydrogens (tertiary/aromatic N) is 1. The molecule has 22 heavy (non-hydrogen) atoms. The highest BCUT2D eigenvalue weighted by Gasteiger charge is 2.05. The Labute approximate surface area is 145 Å². The van der Waals surface area contributed by atoms with Crippen molar-refractivity contribution < 1.29 is 9.72 Å². The number of hydrogen-bond acceptors (Lipinski definition) is 3. The molecular weight excluding hydrogens is 419 g/mol. The molecule has 0 spiro atoms. The van der Waals surface area contributed by atoms with Gasteiger partial charge in [-0.1, -0.05) is 23.7 Å². The summed E-state index contributed by atoms with van der Waals surface area (Å²) in [5, 5.41) is 13.8. The monoisotopic (exact) mass is 428 g/mol. The fraction of sp³-hybridized carbons (Fsp3) is 0. The largest absolute Gasteiger partial charge is 0.321 e. The van der Waals surface area contributed by atoms with Gasteiger partial charge in [0.1, 0.15) is 0 Å². The smallest absolute Gasteiger partial charge is 0.270 e. The van der Waals surface area contributed by atoms with E-state index in [0.717, 1.165) is 3.57 Å². The van der Waals surface area contributed by atoms with Crippen LogP contribution >= 0.6 is 34.2 Å². The zero-order valence-electron chi connectivity index (χ0n) is 11.1. The van der Waals surface area contributed by atoms with Crippen LogP contribution in [-0.4, -0.2) is 10.8 Å². The van der Waals surface area contributed by atoms with Crippen molar-refractivity contribution in [2.45, 2.75) is 0 Å². The van der Waals surface area contributed by atoms with Gasteiger partial charge in [-0.2, -0.15) is 0 Å². The third-order valence-electron chi connectivity index (χ3n) is 2.70. The van der Waals surface area contributed by atoms with Crippen molar-refractivity contribution in [2.24, 2.45) is 0 Å². The fourth-order valence-electron chi connectivity index (χ4n) is 1.68.